The van der Waals surface area contributed by atoms with Crippen LogP contribution in [0.4, 0.5) is 0 Å². The molecule has 0 spiro atoms. The maximum absolute atomic E-state index is 13.0. The van der Waals surface area contributed by atoms with Gasteiger partial charge in [0.2, 0.25) is 0 Å². The van der Waals surface area contributed by atoms with E-state index in [1.54, 1.807) is 0 Å². The summed E-state index contributed by atoms with van der Waals surface area (Å²) in [6, 6.07) is 0. The average molecular weight is 1270 g/mol. The number of carboxylic acid groups (broad SMARTS) is 1. The number of ether oxygens (including phenoxy) is 4. The van der Waals surface area contributed by atoms with E-state index in [0.717, 1.165) is 103 Å². The standard InChI is InChI=1S/C82H143NO8/c1-6-8-10-12-14-16-18-20-22-24-26-28-30-32-34-36-38-39-40-41-43-45-47-49-51-53-55-57-59-61-63-65-67-69-71-73-80(85)91-78(77-90-82(81(86)87)88-75-74-83(3,4)5)76-89-79(84)72-70-68-66-64-62-60-58-56-54-52-50-48-46-44-42-37-35-33-31-29-27-25-23-21-19-17-15-13-11-9-7-2/h8,10,14,16,20,22,26,28,32,34,38-39,41,43,47,49,53,55,78,82H,6-7,9,11-13,15,17-19,21,23-25,27,29-31,33,35-37,40,42,44-46,48,50-52,54,56-77H2,1-5H3/p+1/b10-8-,16-14-,22-20-,28-26-,34-32-,39-38-,43-41-,49-47-,55-53-. The molecule has 0 amide bonds. The number of nitrogens with zero attached hydrogens (tertiary/aromatic N) is 1. The molecule has 0 radical (unpaired) electrons. The Morgan fingerprint density at radius 2 is 0.626 bits per heavy atom. The number of allylic oxidation sites excluding steroid dienone is 18. The molecule has 0 aromatic carbocycles. The predicted octanol–water partition coefficient (Wildman–Crippen LogP) is 24.1. The van der Waals surface area contributed by atoms with E-state index in [-0.39, 0.29) is 32.2 Å². The fraction of sp³-hybridized carbons (Fsp3) is 0.744. The third-order valence-electron chi connectivity index (χ3n) is 16.5. The molecule has 0 aliphatic carbocycles. The maximum atomic E-state index is 13.0. The molecule has 0 rings (SSSR count). The number of likely N-dealkylation sites (N-methyl/N-ethyl adjacent to an activating group) is 1. The van der Waals surface area contributed by atoms with Crippen LogP contribution in [0.3, 0.4) is 0 Å². The topological polar surface area (TPSA) is 108 Å². The quantitative estimate of drug-likeness (QED) is 0.0211. The highest BCUT2D eigenvalue weighted by Gasteiger charge is 2.25. The van der Waals surface area contributed by atoms with Crippen LogP contribution in [0, 0.1) is 0 Å². The van der Waals surface area contributed by atoms with Crippen molar-refractivity contribution in [3.8, 4) is 0 Å². The van der Waals surface area contributed by atoms with Gasteiger partial charge in [0.05, 0.1) is 34.4 Å². The smallest absolute Gasteiger partial charge is 0.361 e. The summed E-state index contributed by atoms with van der Waals surface area (Å²) in [6.45, 7) is 4.79. The number of aliphatic carboxylic acids is 1. The van der Waals surface area contributed by atoms with Gasteiger partial charge in [0.15, 0.2) is 6.10 Å². The van der Waals surface area contributed by atoms with Crippen molar-refractivity contribution in [2.45, 2.75) is 347 Å². The SMILES string of the molecule is CC/C=C\C/C=C\C/C=C\C/C=C\C/C=C\C/C=C\C/C=C\C/C=C\C/C=C\CCCCCCCCCC(=O)OC(COC(=O)CCCCCCCCCCCCCCCCCCCCCCCCCCCCCCCCC)COC(OCC[N+](C)(C)C)C(=O)O. The van der Waals surface area contributed by atoms with E-state index in [9.17, 15) is 19.5 Å². The fourth-order valence-electron chi connectivity index (χ4n) is 10.8. The number of unbranched alkanes of at least 4 members (excludes halogenated alkanes) is 37. The minimum absolute atomic E-state index is 0.182. The van der Waals surface area contributed by atoms with Crippen LogP contribution < -0.4 is 0 Å². The van der Waals surface area contributed by atoms with Gasteiger partial charge in [0.25, 0.3) is 6.29 Å². The van der Waals surface area contributed by atoms with Gasteiger partial charge in [-0.3, -0.25) is 9.59 Å². The Morgan fingerprint density at radius 3 is 0.934 bits per heavy atom. The first-order chi connectivity index (χ1) is 44.6. The van der Waals surface area contributed by atoms with Gasteiger partial charge in [0.1, 0.15) is 13.2 Å². The molecule has 0 aliphatic heterocycles. The Hall–Kier alpha value is -4.05. The van der Waals surface area contributed by atoms with Gasteiger partial charge in [-0.25, -0.2) is 4.79 Å². The second kappa shape index (κ2) is 71.8. The Balaban J connectivity index is 4.12. The first kappa shape index (κ1) is 87.0. The normalized spacial score (nSPS) is 13.3. The number of carbonyl (C=O) groups is 3. The number of hydrogen-bond donors (Lipinski definition) is 1. The minimum Gasteiger partial charge on any atom is -0.477 e. The number of carboxylic acids is 1. The highest BCUT2D eigenvalue weighted by atomic mass is 16.7. The Labute approximate surface area is 562 Å². The summed E-state index contributed by atoms with van der Waals surface area (Å²) in [5, 5.41) is 9.76. The molecule has 2 atom stereocenters. The van der Waals surface area contributed by atoms with E-state index >= 15 is 0 Å². The third-order valence-corrected chi connectivity index (χ3v) is 16.5. The van der Waals surface area contributed by atoms with Gasteiger partial charge in [-0.1, -0.05) is 348 Å². The van der Waals surface area contributed by atoms with Crippen LogP contribution in [0.15, 0.2) is 109 Å². The van der Waals surface area contributed by atoms with E-state index in [4.69, 9.17) is 18.9 Å². The molecule has 0 bridgehead atoms. The molecule has 0 aliphatic rings. The van der Waals surface area contributed by atoms with Crippen molar-refractivity contribution in [2.24, 2.45) is 0 Å². The van der Waals surface area contributed by atoms with E-state index in [1.165, 1.54) is 199 Å². The number of esters is 2. The summed E-state index contributed by atoms with van der Waals surface area (Å²) >= 11 is 0. The van der Waals surface area contributed by atoms with Crippen LogP contribution in [0.1, 0.15) is 335 Å². The van der Waals surface area contributed by atoms with Crippen molar-refractivity contribution < 1.29 is 42.9 Å². The summed E-state index contributed by atoms with van der Waals surface area (Å²) in [6.07, 6.45) is 97.9. The molecule has 1 N–H and O–H groups in total. The third kappa shape index (κ3) is 73.2. The zero-order chi connectivity index (χ0) is 66.1. The molecule has 9 heteroatoms. The second-order valence-corrected chi connectivity index (χ2v) is 26.6. The molecule has 0 aromatic heterocycles. The molecule has 91 heavy (non-hydrogen) atoms. The van der Waals surface area contributed by atoms with Gasteiger partial charge in [-0.15, -0.1) is 0 Å². The lowest BCUT2D eigenvalue weighted by Gasteiger charge is -2.25. The van der Waals surface area contributed by atoms with Gasteiger partial charge in [-0.05, 0) is 83.5 Å². The number of quaternary nitrogens is 1. The molecular formula is C82H144NO8+. The Morgan fingerprint density at radius 1 is 0.341 bits per heavy atom. The number of rotatable bonds is 70. The lowest BCUT2D eigenvalue weighted by atomic mass is 10.0. The fourth-order valence-corrected chi connectivity index (χ4v) is 10.8. The van der Waals surface area contributed by atoms with Gasteiger partial charge >= 0.3 is 17.9 Å². The van der Waals surface area contributed by atoms with Crippen LogP contribution in [0.25, 0.3) is 0 Å². The van der Waals surface area contributed by atoms with Gasteiger partial charge in [0, 0.05) is 12.8 Å². The highest BCUT2D eigenvalue weighted by Crippen LogP contribution is 2.18. The van der Waals surface area contributed by atoms with Crippen LogP contribution in [-0.4, -0.2) is 87.4 Å². The van der Waals surface area contributed by atoms with E-state index in [1.807, 2.05) is 21.1 Å². The van der Waals surface area contributed by atoms with Gasteiger partial charge < -0.3 is 28.5 Å². The maximum Gasteiger partial charge on any atom is 0.361 e. The van der Waals surface area contributed by atoms with Crippen LogP contribution in [-0.2, 0) is 33.3 Å². The molecule has 524 valence electrons. The molecule has 0 aromatic rings. The summed E-state index contributed by atoms with van der Waals surface area (Å²) in [4.78, 5) is 37.7. The van der Waals surface area contributed by atoms with Gasteiger partial charge in [-0.2, -0.15) is 0 Å². The van der Waals surface area contributed by atoms with Crippen LogP contribution in [0.2, 0.25) is 0 Å². The van der Waals surface area contributed by atoms with E-state index in [0.29, 0.717) is 23.9 Å². The molecule has 0 saturated heterocycles. The highest BCUT2D eigenvalue weighted by molar-refractivity contribution is 5.71. The Bertz CT molecular complexity index is 1870. The van der Waals surface area contributed by atoms with Crippen molar-refractivity contribution in [1.82, 2.24) is 0 Å². The van der Waals surface area contributed by atoms with Crippen LogP contribution in [0.5, 0.6) is 0 Å². The lowest BCUT2D eigenvalue weighted by Crippen LogP contribution is -2.40. The number of carbonyl (C=O) groups excluding carboxylic acids is 2. The van der Waals surface area contributed by atoms with E-state index < -0.39 is 24.3 Å². The summed E-state index contributed by atoms with van der Waals surface area (Å²) in [5.41, 5.74) is 0. The summed E-state index contributed by atoms with van der Waals surface area (Å²) in [5.74, 6) is -2.01. The van der Waals surface area contributed by atoms with E-state index in [2.05, 4.69) is 123 Å². The molecule has 0 heterocycles. The molecule has 2 unspecified atom stereocenters. The largest absolute Gasteiger partial charge is 0.477 e. The van der Waals surface area contributed by atoms with Crippen molar-refractivity contribution >= 4 is 17.9 Å². The lowest BCUT2D eigenvalue weighted by molar-refractivity contribution is -0.870. The van der Waals surface area contributed by atoms with Crippen molar-refractivity contribution in [1.29, 1.82) is 0 Å². The predicted molar refractivity (Wildman–Crippen MR) is 392 cm³/mol. The first-order valence-corrected chi connectivity index (χ1v) is 38.1. The number of hydrogen-bond acceptors (Lipinski definition) is 7. The first-order valence-electron chi connectivity index (χ1n) is 38.1. The second-order valence-electron chi connectivity index (χ2n) is 26.6. The zero-order valence-electron chi connectivity index (χ0n) is 60.0. The molecule has 9 nitrogen and oxygen atoms in total. The molecule has 0 saturated carbocycles. The van der Waals surface area contributed by atoms with Crippen LogP contribution >= 0.6 is 0 Å². The Kier molecular flexibility index (Phi) is 68.6. The summed E-state index contributed by atoms with van der Waals surface area (Å²) < 4.78 is 23.0. The molecular weight excluding hydrogens is 1130 g/mol. The monoisotopic (exact) mass is 1270 g/mol. The summed E-state index contributed by atoms with van der Waals surface area (Å²) in [7, 11) is 5.98. The van der Waals surface area contributed by atoms with Crippen molar-refractivity contribution in [3.63, 3.8) is 0 Å². The van der Waals surface area contributed by atoms with Crippen molar-refractivity contribution in [2.75, 3.05) is 47.5 Å². The average Bonchev–Trinajstić information content (AvgIpc) is 3.46. The minimum atomic E-state index is -1.52. The van der Waals surface area contributed by atoms with Crippen molar-refractivity contribution in [3.05, 3.63) is 109 Å². The molecule has 0 fully saturated rings. The zero-order valence-corrected chi connectivity index (χ0v) is 60.0.